The first-order valence-corrected chi connectivity index (χ1v) is 10.3. The van der Waals surface area contributed by atoms with E-state index in [1.165, 1.54) is 0 Å². The maximum absolute atomic E-state index is 12.3. The fourth-order valence-electron chi connectivity index (χ4n) is 3.44. The van der Waals surface area contributed by atoms with Crippen LogP contribution >= 0.6 is 0 Å². The van der Waals surface area contributed by atoms with Crippen molar-refractivity contribution >= 4 is 22.9 Å². The highest BCUT2D eigenvalue weighted by Gasteiger charge is 2.13. The van der Waals surface area contributed by atoms with Gasteiger partial charge in [0.05, 0.1) is 22.3 Å². The molecule has 2 heterocycles. The summed E-state index contributed by atoms with van der Waals surface area (Å²) in [6, 6.07) is 6.81. The van der Waals surface area contributed by atoms with E-state index < -0.39 is 5.97 Å². The Balaban J connectivity index is 1.52. The van der Waals surface area contributed by atoms with Gasteiger partial charge in [0.25, 0.3) is 11.5 Å². The predicted molar refractivity (Wildman–Crippen MR) is 116 cm³/mol. The summed E-state index contributed by atoms with van der Waals surface area (Å²) in [4.78, 5) is 40.8. The molecule has 0 spiro atoms. The summed E-state index contributed by atoms with van der Waals surface area (Å²) in [5.74, 6) is -0.982. The molecule has 31 heavy (non-hydrogen) atoms. The zero-order valence-corrected chi connectivity index (χ0v) is 18.3. The van der Waals surface area contributed by atoms with Gasteiger partial charge in [0, 0.05) is 25.3 Å². The molecule has 3 rings (SSSR count). The third-order valence-corrected chi connectivity index (χ3v) is 4.97. The van der Waals surface area contributed by atoms with E-state index in [0.717, 1.165) is 17.8 Å². The van der Waals surface area contributed by atoms with Gasteiger partial charge in [0.15, 0.2) is 6.61 Å². The fraction of sp³-hybridized carbons (Fsp3) is 0.409. The van der Waals surface area contributed by atoms with Gasteiger partial charge in [-0.3, -0.25) is 14.3 Å². The van der Waals surface area contributed by atoms with Crippen LogP contribution in [0.1, 0.15) is 40.8 Å². The van der Waals surface area contributed by atoms with Crippen LogP contribution in [0.3, 0.4) is 0 Å². The van der Waals surface area contributed by atoms with Gasteiger partial charge in [-0.15, -0.1) is 0 Å². The second-order valence-electron chi connectivity index (χ2n) is 7.38. The molecule has 0 aliphatic rings. The minimum absolute atomic E-state index is 0.153. The molecule has 3 aromatic rings. The Hall–Kier alpha value is -3.49. The summed E-state index contributed by atoms with van der Waals surface area (Å²) < 4.78 is 8.62. The number of aryl methyl sites for hydroxylation is 5. The Morgan fingerprint density at radius 2 is 1.94 bits per heavy atom. The molecule has 0 aliphatic carbocycles. The fourth-order valence-corrected chi connectivity index (χ4v) is 3.44. The maximum atomic E-state index is 12.3. The smallest absolute Gasteiger partial charge is 0.338 e. The average Bonchev–Trinajstić information content (AvgIpc) is 3.07. The number of carbonyl (C=O) groups is 2. The van der Waals surface area contributed by atoms with Crippen LogP contribution in [0.4, 0.5) is 0 Å². The molecule has 9 nitrogen and oxygen atoms in total. The van der Waals surface area contributed by atoms with Gasteiger partial charge < -0.3 is 14.6 Å². The van der Waals surface area contributed by atoms with Crippen molar-refractivity contribution in [3.63, 3.8) is 0 Å². The molecule has 1 amide bonds. The minimum atomic E-state index is -0.617. The van der Waals surface area contributed by atoms with Gasteiger partial charge >= 0.3 is 5.97 Å². The standard InChI is InChI=1S/C22H27N5O4/c1-5-26-19-8-7-17(12-18(19)24-16(4)21(26)29)22(30)31-13-20(28)23-9-6-10-27-15(3)11-14(2)25-27/h7-8,11-12H,5-6,9-10,13H2,1-4H3,(H,23,28). The lowest BCUT2D eigenvalue weighted by Gasteiger charge is -2.10. The Morgan fingerprint density at radius 3 is 2.61 bits per heavy atom. The zero-order chi connectivity index (χ0) is 22.5. The summed E-state index contributed by atoms with van der Waals surface area (Å²) in [6.07, 6.45) is 0.719. The highest BCUT2D eigenvalue weighted by molar-refractivity contribution is 5.94. The molecule has 1 aromatic carbocycles. The topological polar surface area (TPSA) is 108 Å². The number of ether oxygens (including phenoxy) is 1. The van der Waals surface area contributed by atoms with Crippen molar-refractivity contribution in [2.24, 2.45) is 0 Å². The maximum Gasteiger partial charge on any atom is 0.338 e. The second-order valence-corrected chi connectivity index (χ2v) is 7.38. The molecule has 0 saturated carbocycles. The van der Waals surface area contributed by atoms with E-state index >= 15 is 0 Å². The summed E-state index contributed by atoms with van der Waals surface area (Å²) in [5, 5.41) is 7.11. The van der Waals surface area contributed by atoms with Crippen LogP contribution in [0.25, 0.3) is 11.0 Å². The molecule has 0 fully saturated rings. The first kappa shape index (κ1) is 22.2. The molecular formula is C22H27N5O4. The molecule has 2 aromatic heterocycles. The quantitative estimate of drug-likeness (QED) is 0.436. The highest BCUT2D eigenvalue weighted by Crippen LogP contribution is 2.14. The molecule has 0 unspecified atom stereocenters. The van der Waals surface area contributed by atoms with Crippen LogP contribution in [-0.2, 0) is 22.6 Å². The minimum Gasteiger partial charge on any atom is -0.452 e. The molecule has 0 aliphatic heterocycles. The highest BCUT2D eigenvalue weighted by atomic mass is 16.5. The van der Waals surface area contributed by atoms with Gasteiger partial charge in [-0.05, 0) is 58.4 Å². The van der Waals surface area contributed by atoms with Crippen molar-refractivity contribution < 1.29 is 14.3 Å². The number of aromatic nitrogens is 4. The number of amides is 1. The Bertz CT molecular complexity index is 1180. The van der Waals surface area contributed by atoms with Gasteiger partial charge in [-0.1, -0.05) is 0 Å². The molecule has 1 N–H and O–H groups in total. The Labute approximate surface area is 180 Å². The number of fused-ring (bicyclic) bond motifs is 1. The summed E-state index contributed by atoms with van der Waals surface area (Å²) in [7, 11) is 0. The van der Waals surface area contributed by atoms with E-state index in [1.807, 2.05) is 31.5 Å². The van der Waals surface area contributed by atoms with Crippen molar-refractivity contribution in [2.75, 3.05) is 13.2 Å². The Morgan fingerprint density at radius 1 is 1.16 bits per heavy atom. The van der Waals surface area contributed by atoms with Crippen LogP contribution in [0.5, 0.6) is 0 Å². The number of hydrogen-bond acceptors (Lipinski definition) is 6. The second kappa shape index (κ2) is 9.55. The lowest BCUT2D eigenvalue weighted by atomic mass is 10.2. The van der Waals surface area contributed by atoms with Gasteiger partial charge in [0.1, 0.15) is 5.69 Å². The normalized spacial score (nSPS) is 11.0. The first-order valence-electron chi connectivity index (χ1n) is 10.3. The zero-order valence-electron chi connectivity index (χ0n) is 18.3. The molecule has 0 atom stereocenters. The van der Waals surface area contributed by atoms with E-state index in [-0.39, 0.29) is 23.6 Å². The Kier molecular flexibility index (Phi) is 6.84. The summed E-state index contributed by atoms with van der Waals surface area (Å²) in [5.41, 5.74) is 3.70. The first-order chi connectivity index (χ1) is 14.8. The number of hydrogen-bond donors (Lipinski definition) is 1. The molecule has 0 bridgehead atoms. The van der Waals surface area contributed by atoms with Crippen LogP contribution in [0.15, 0.2) is 29.1 Å². The number of nitrogens with one attached hydrogen (secondary N) is 1. The number of nitrogens with zero attached hydrogens (tertiary/aromatic N) is 4. The lowest BCUT2D eigenvalue weighted by Crippen LogP contribution is -2.30. The van der Waals surface area contributed by atoms with Crippen LogP contribution < -0.4 is 10.9 Å². The SMILES string of the molecule is CCn1c(=O)c(C)nc2cc(C(=O)OCC(=O)NCCCn3nc(C)cc3C)ccc21. The van der Waals surface area contributed by atoms with E-state index in [0.29, 0.717) is 36.4 Å². The monoisotopic (exact) mass is 425 g/mol. The average molecular weight is 425 g/mol. The predicted octanol–water partition coefficient (Wildman–Crippen LogP) is 1.90. The van der Waals surface area contributed by atoms with Crippen LogP contribution in [0.2, 0.25) is 0 Å². The summed E-state index contributed by atoms with van der Waals surface area (Å²) >= 11 is 0. The van der Waals surface area contributed by atoms with E-state index in [9.17, 15) is 14.4 Å². The third kappa shape index (κ3) is 5.17. The summed E-state index contributed by atoms with van der Waals surface area (Å²) in [6.45, 7) is 8.74. The number of carbonyl (C=O) groups excluding carboxylic acids is 2. The largest absolute Gasteiger partial charge is 0.452 e. The van der Waals surface area contributed by atoms with Crippen molar-refractivity contribution in [1.29, 1.82) is 0 Å². The molecular weight excluding hydrogens is 398 g/mol. The van der Waals surface area contributed by atoms with E-state index in [4.69, 9.17) is 4.74 Å². The van der Waals surface area contributed by atoms with Gasteiger partial charge in [-0.25, -0.2) is 9.78 Å². The van der Waals surface area contributed by atoms with E-state index in [1.54, 1.807) is 29.7 Å². The molecule has 164 valence electrons. The van der Waals surface area contributed by atoms with Crippen molar-refractivity contribution in [1.82, 2.24) is 24.6 Å². The third-order valence-electron chi connectivity index (χ3n) is 4.97. The van der Waals surface area contributed by atoms with Crippen LogP contribution in [-0.4, -0.2) is 44.4 Å². The van der Waals surface area contributed by atoms with Crippen molar-refractivity contribution in [2.45, 2.75) is 47.2 Å². The van der Waals surface area contributed by atoms with Crippen molar-refractivity contribution in [3.8, 4) is 0 Å². The molecule has 9 heteroatoms. The lowest BCUT2D eigenvalue weighted by molar-refractivity contribution is -0.124. The number of esters is 1. The number of rotatable bonds is 8. The van der Waals surface area contributed by atoms with Gasteiger partial charge in [0.2, 0.25) is 0 Å². The van der Waals surface area contributed by atoms with Crippen LogP contribution in [0, 0.1) is 20.8 Å². The van der Waals surface area contributed by atoms with Gasteiger partial charge in [-0.2, -0.15) is 5.10 Å². The molecule has 0 radical (unpaired) electrons. The van der Waals surface area contributed by atoms with Crippen molar-refractivity contribution in [3.05, 3.63) is 57.3 Å². The van der Waals surface area contributed by atoms with E-state index in [2.05, 4.69) is 15.4 Å². The number of benzene rings is 1. The molecule has 0 saturated heterocycles.